The van der Waals surface area contributed by atoms with Gasteiger partial charge in [0.05, 0.1) is 5.56 Å². The Morgan fingerprint density at radius 3 is 2.54 bits per heavy atom. The van der Waals surface area contributed by atoms with E-state index in [1.54, 1.807) is 18.3 Å². The summed E-state index contributed by atoms with van der Waals surface area (Å²) in [5.41, 5.74) is 1.33. The summed E-state index contributed by atoms with van der Waals surface area (Å²) in [6.07, 6.45) is 3.11. The number of carbonyl (C=O) groups is 1. The summed E-state index contributed by atoms with van der Waals surface area (Å²) in [5.74, 6) is 1.37. The molecule has 3 rings (SSSR count). The summed E-state index contributed by atoms with van der Waals surface area (Å²) in [7, 11) is 0. The van der Waals surface area contributed by atoms with Crippen LogP contribution in [0, 0.1) is 6.92 Å². The number of pyridine rings is 2. The monoisotopic (exact) mass is 383 g/mol. The lowest BCUT2D eigenvalue weighted by atomic mass is 10.2. The van der Waals surface area contributed by atoms with Gasteiger partial charge in [-0.05, 0) is 48.9 Å². The highest BCUT2D eigenvalue weighted by molar-refractivity contribution is 9.10. The minimum absolute atomic E-state index is 0.264. The third-order valence-electron chi connectivity index (χ3n) is 3.28. The van der Waals surface area contributed by atoms with Crippen molar-refractivity contribution < 1.29 is 9.53 Å². The number of benzene rings is 1. The Morgan fingerprint density at radius 1 is 1.08 bits per heavy atom. The molecule has 0 aliphatic heterocycles. The maximum atomic E-state index is 12.2. The van der Waals surface area contributed by atoms with Gasteiger partial charge >= 0.3 is 0 Å². The molecule has 0 radical (unpaired) electrons. The second-order valence-electron chi connectivity index (χ2n) is 5.06. The van der Waals surface area contributed by atoms with Gasteiger partial charge in [0.15, 0.2) is 0 Å². The normalized spacial score (nSPS) is 10.2. The highest BCUT2D eigenvalue weighted by Gasteiger charge is 2.09. The van der Waals surface area contributed by atoms with E-state index in [9.17, 15) is 4.79 Å². The zero-order valence-electron chi connectivity index (χ0n) is 12.9. The van der Waals surface area contributed by atoms with Crippen LogP contribution in [0.2, 0.25) is 0 Å². The van der Waals surface area contributed by atoms with Crippen molar-refractivity contribution >= 4 is 27.7 Å². The highest BCUT2D eigenvalue weighted by atomic mass is 79.9. The van der Waals surface area contributed by atoms with Crippen molar-refractivity contribution in [2.45, 2.75) is 6.92 Å². The maximum Gasteiger partial charge on any atom is 0.258 e. The predicted molar refractivity (Wildman–Crippen MR) is 95.4 cm³/mol. The molecule has 0 saturated heterocycles. The van der Waals surface area contributed by atoms with E-state index in [0.717, 1.165) is 10.0 Å². The quantitative estimate of drug-likeness (QED) is 0.715. The molecule has 0 aliphatic rings. The van der Waals surface area contributed by atoms with Gasteiger partial charge in [-0.1, -0.05) is 22.0 Å². The Kier molecular flexibility index (Phi) is 4.86. The molecule has 0 atom stereocenters. The Hall–Kier alpha value is -2.73. The molecule has 0 fully saturated rings. The molecule has 0 saturated carbocycles. The fraction of sp³-hybridized carbons (Fsp3) is 0.0556. The number of nitrogens with zero attached hydrogens (tertiary/aromatic N) is 2. The van der Waals surface area contributed by atoms with E-state index in [-0.39, 0.29) is 5.91 Å². The lowest BCUT2D eigenvalue weighted by molar-refractivity contribution is 0.102. The summed E-state index contributed by atoms with van der Waals surface area (Å²) in [6.45, 7) is 1.88. The maximum absolute atomic E-state index is 12.2. The van der Waals surface area contributed by atoms with Crippen LogP contribution in [0.15, 0.2) is 65.4 Å². The number of carbonyl (C=O) groups excluding carboxylic acids is 1. The van der Waals surface area contributed by atoms with E-state index in [2.05, 4.69) is 31.2 Å². The number of aryl methyl sites for hydroxylation is 1. The summed E-state index contributed by atoms with van der Waals surface area (Å²) < 4.78 is 6.60. The Morgan fingerprint density at radius 2 is 1.88 bits per heavy atom. The molecule has 0 aliphatic carbocycles. The van der Waals surface area contributed by atoms with Crippen LogP contribution in [0.4, 0.5) is 5.82 Å². The van der Waals surface area contributed by atoms with Gasteiger partial charge in [0, 0.05) is 22.9 Å². The largest absolute Gasteiger partial charge is 0.439 e. The fourth-order valence-corrected chi connectivity index (χ4v) is 2.26. The van der Waals surface area contributed by atoms with Gasteiger partial charge in [-0.15, -0.1) is 0 Å². The number of hydrogen-bond donors (Lipinski definition) is 1. The van der Waals surface area contributed by atoms with E-state index in [0.29, 0.717) is 23.0 Å². The first-order chi connectivity index (χ1) is 11.6. The van der Waals surface area contributed by atoms with Crippen molar-refractivity contribution in [1.82, 2.24) is 9.97 Å². The lowest BCUT2D eigenvalue weighted by Crippen LogP contribution is -2.14. The van der Waals surface area contributed by atoms with Crippen LogP contribution in [0.5, 0.6) is 11.6 Å². The van der Waals surface area contributed by atoms with Gasteiger partial charge < -0.3 is 10.1 Å². The molecule has 24 heavy (non-hydrogen) atoms. The van der Waals surface area contributed by atoms with E-state index >= 15 is 0 Å². The second kappa shape index (κ2) is 7.23. The van der Waals surface area contributed by atoms with Crippen molar-refractivity contribution in [3.8, 4) is 11.6 Å². The standard InChI is InChI=1S/C18H14BrN3O2/c1-12-3-2-10-20-17(12)22-18(23)13-4-9-16(21-11-13)24-15-7-5-14(19)6-8-15/h2-11H,1H3,(H,20,22,23). The Labute approximate surface area is 147 Å². The fourth-order valence-electron chi connectivity index (χ4n) is 1.99. The first-order valence-corrected chi connectivity index (χ1v) is 8.03. The molecule has 0 spiro atoms. The molecule has 120 valence electrons. The summed E-state index contributed by atoms with van der Waals surface area (Å²) in [5, 5.41) is 2.77. The number of anilines is 1. The van der Waals surface area contributed by atoms with Crippen molar-refractivity contribution in [2.75, 3.05) is 5.32 Å². The van der Waals surface area contributed by atoms with Crippen LogP contribution in [0.1, 0.15) is 15.9 Å². The highest BCUT2D eigenvalue weighted by Crippen LogP contribution is 2.22. The van der Waals surface area contributed by atoms with E-state index < -0.39 is 0 Å². The van der Waals surface area contributed by atoms with Crippen LogP contribution in [-0.4, -0.2) is 15.9 Å². The summed E-state index contributed by atoms with van der Waals surface area (Å²) >= 11 is 3.37. The first-order valence-electron chi connectivity index (χ1n) is 7.24. The van der Waals surface area contributed by atoms with Gasteiger partial charge in [0.25, 0.3) is 5.91 Å². The zero-order chi connectivity index (χ0) is 16.9. The molecular weight excluding hydrogens is 370 g/mol. The van der Waals surface area contributed by atoms with Crippen molar-refractivity contribution in [1.29, 1.82) is 0 Å². The molecule has 0 bridgehead atoms. The second-order valence-corrected chi connectivity index (χ2v) is 5.98. The third kappa shape index (κ3) is 3.97. The molecule has 1 amide bonds. The predicted octanol–water partition coefficient (Wildman–Crippen LogP) is 4.59. The van der Waals surface area contributed by atoms with Gasteiger partial charge in [0.1, 0.15) is 11.6 Å². The SMILES string of the molecule is Cc1cccnc1NC(=O)c1ccc(Oc2ccc(Br)cc2)nc1. The minimum Gasteiger partial charge on any atom is -0.439 e. The van der Waals surface area contributed by atoms with E-state index in [1.807, 2.05) is 43.3 Å². The minimum atomic E-state index is -0.264. The lowest BCUT2D eigenvalue weighted by Gasteiger charge is -2.08. The number of aromatic nitrogens is 2. The van der Waals surface area contributed by atoms with Crippen LogP contribution in [-0.2, 0) is 0 Å². The smallest absolute Gasteiger partial charge is 0.258 e. The van der Waals surface area contributed by atoms with Gasteiger partial charge in [0.2, 0.25) is 5.88 Å². The number of hydrogen-bond acceptors (Lipinski definition) is 4. The molecule has 0 unspecified atom stereocenters. The zero-order valence-corrected chi connectivity index (χ0v) is 14.4. The average molecular weight is 384 g/mol. The van der Waals surface area contributed by atoms with Crippen LogP contribution in [0.25, 0.3) is 0 Å². The Balaban J connectivity index is 1.68. The molecule has 1 aromatic carbocycles. The molecular formula is C18H14BrN3O2. The Bertz CT molecular complexity index is 849. The molecule has 1 N–H and O–H groups in total. The number of nitrogens with one attached hydrogen (secondary N) is 1. The number of halogens is 1. The third-order valence-corrected chi connectivity index (χ3v) is 3.80. The molecule has 3 aromatic rings. The number of rotatable bonds is 4. The average Bonchev–Trinajstić information content (AvgIpc) is 2.59. The summed E-state index contributed by atoms with van der Waals surface area (Å²) in [4.78, 5) is 20.5. The topological polar surface area (TPSA) is 64.1 Å². The number of ether oxygens (including phenoxy) is 1. The van der Waals surface area contributed by atoms with Crippen LogP contribution < -0.4 is 10.1 Å². The molecule has 5 nitrogen and oxygen atoms in total. The number of amides is 1. The van der Waals surface area contributed by atoms with Crippen molar-refractivity contribution in [2.24, 2.45) is 0 Å². The van der Waals surface area contributed by atoms with Crippen LogP contribution >= 0.6 is 15.9 Å². The van der Waals surface area contributed by atoms with E-state index in [4.69, 9.17) is 4.74 Å². The van der Waals surface area contributed by atoms with Crippen molar-refractivity contribution in [3.05, 3.63) is 76.5 Å². The van der Waals surface area contributed by atoms with Gasteiger partial charge in [-0.25, -0.2) is 9.97 Å². The molecule has 2 heterocycles. The van der Waals surface area contributed by atoms with Crippen LogP contribution in [0.3, 0.4) is 0 Å². The van der Waals surface area contributed by atoms with E-state index in [1.165, 1.54) is 6.20 Å². The van der Waals surface area contributed by atoms with Gasteiger partial charge in [-0.3, -0.25) is 4.79 Å². The molecule has 6 heteroatoms. The molecule has 2 aromatic heterocycles. The first kappa shape index (κ1) is 16.1. The van der Waals surface area contributed by atoms with Gasteiger partial charge in [-0.2, -0.15) is 0 Å². The summed E-state index contributed by atoms with van der Waals surface area (Å²) in [6, 6.07) is 14.4. The van der Waals surface area contributed by atoms with Crippen molar-refractivity contribution in [3.63, 3.8) is 0 Å².